The highest BCUT2D eigenvalue weighted by atomic mass is 16.4. The Morgan fingerprint density at radius 2 is 1.85 bits per heavy atom. The molecule has 1 saturated heterocycles. The molecule has 3 unspecified atom stereocenters. The molecule has 27 heavy (non-hydrogen) atoms. The van der Waals surface area contributed by atoms with Crippen LogP contribution in [0, 0.1) is 5.92 Å². The van der Waals surface area contributed by atoms with E-state index in [0.717, 1.165) is 24.9 Å². The summed E-state index contributed by atoms with van der Waals surface area (Å²) in [6.45, 7) is 4.70. The first-order valence-electron chi connectivity index (χ1n) is 9.47. The topological polar surface area (TPSA) is 108 Å². The molecule has 7 heteroatoms. The summed E-state index contributed by atoms with van der Waals surface area (Å²) >= 11 is 0. The highest BCUT2D eigenvalue weighted by molar-refractivity contribution is 5.92. The van der Waals surface area contributed by atoms with Crippen molar-refractivity contribution in [3.63, 3.8) is 0 Å². The van der Waals surface area contributed by atoms with Crippen LogP contribution in [0.2, 0.25) is 0 Å². The van der Waals surface area contributed by atoms with Crippen LogP contribution < -0.4 is 16.0 Å². The van der Waals surface area contributed by atoms with Gasteiger partial charge >= 0.3 is 5.97 Å². The van der Waals surface area contributed by atoms with Crippen LogP contribution in [0.15, 0.2) is 30.3 Å². The molecule has 1 aromatic rings. The lowest BCUT2D eigenvalue weighted by Gasteiger charge is -2.24. The maximum atomic E-state index is 12.7. The van der Waals surface area contributed by atoms with E-state index in [9.17, 15) is 19.5 Å². The van der Waals surface area contributed by atoms with E-state index < -0.39 is 24.0 Å². The summed E-state index contributed by atoms with van der Waals surface area (Å²) in [5.74, 6) is -1.59. The number of nitrogens with one attached hydrogen (secondary N) is 3. The van der Waals surface area contributed by atoms with Gasteiger partial charge < -0.3 is 21.1 Å². The van der Waals surface area contributed by atoms with Gasteiger partial charge in [0.2, 0.25) is 11.8 Å². The quantitative estimate of drug-likeness (QED) is 0.517. The van der Waals surface area contributed by atoms with E-state index in [1.807, 2.05) is 44.2 Å². The van der Waals surface area contributed by atoms with Gasteiger partial charge in [-0.1, -0.05) is 44.2 Å². The molecule has 1 aliphatic rings. The number of hydrogen-bond acceptors (Lipinski definition) is 4. The zero-order valence-electron chi connectivity index (χ0n) is 15.9. The lowest BCUT2D eigenvalue weighted by atomic mass is 10.0. The first kappa shape index (κ1) is 20.9. The van der Waals surface area contributed by atoms with Crippen LogP contribution >= 0.6 is 0 Å². The van der Waals surface area contributed by atoms with Crippen molar-refractivity contribution in [3.8, 4) is 0 Å². The SMILES string of the molecule is CC(C)CC(NC(=O)C1CCCN1)C(=O)NC(Cc1ccccc1)C(=O)O. The molecule has 3 atom stereocenters. The third-order valence-electron chi connectivity index (χ3n) is 4.61. The minimum Gasteiger partial charge on any atom is -0.480 e. The Morgan fingerprint density at radius 3 is 2.41 bits per heavy atom. The number of benzene rings is 1. The van der Waals surface area contributed by atoms with E-state index in [1.54, 1.807) is 0 Å². The second-order valence-electron chi connectivity index (χ2n) is 7.43. The molecule has 7 nitrogen and oxygen atoms in total. The van der Waals surface area contributed by atoms with Gasteiger partial charge in [0.15, 0.2) is 0 Å². The van der Waals surface area contributed by atoms with Gasteiger partial charge in [0.1, 0.15) is 12.1 Å². The highest BCUT2D eigenvalue weighted by Gasteiger charge is 2.30. The van der Waals surface area contributed by atoms with E-state index in [2.05, 4.69) is 16.0 Å². The molecule has 0 aliphatic carbocycles. The molecule has 2 amide bonds. The number of carbonyl (C=O) groups is 3. The molecule has 0 saturated carbocycles. The lowest BCUT2D eigenvalue weighted by Crippen LogP contribution is -2.55. The number of carboxylic acids is 1. The molecule has 1 aliphatic heterocycles. The van der Waals surface area contributed by atoms with E-state index in [-0.39, 0.29) is 24.3 Å². The smallest absolute Gasteiger partial charge is 0.326 e. The molecule has 0 spiro atoms. The van der Waals surface area contributed by atoms with Crippen LogP contribution in [0.25, 0.3) is 0 Å². The predicted molar refractivity (Wildman–Crippen MR) is 102 cm³/mol. The minimum absolute atomic E-state index is 0.176. The van der Waals surface area contributed by atoms with Crippen LogP contribution in [0.4, 0.5) is 0 Å². The Labute approximate surface area is 159 Å². The van der Waals surface area contributed by atoms with Gasteiger partial charge in [0.05, 0.1) is 6.04 Å². The number of rotatable bonds is 9. The highest BCUT2D eigenvalue weighted by Crippen LogP contribution is 2.10. The molecule has 0 aromatic heterocycles. The summed E-state index contributed by atoms with van der Waals surface area (Å²) in [5.41, 5.74) is 0.824. The fourth-order valence-corrected chi connectivity index (χ4v) is 3.21. The first-order valence-corrected chi connectivity index (χ1v) is 9.47. The predicted octanol–water partition coefficient (Wildman–Crippen LogP) is 1.08. The van der Waals surface area contributed by atoms with Crippen LogP contribution in [0.3, 0.4) is 0 Å². The Hall–Kier alpha value is -2.41. The number of carboxylic acid groups (broad SMARTS) is 1. The van der Waals surface area contributed by atoms with Crippen molar-refractivity contribution in [1.29, 1.82) is 0 Å². The standard InChI is InChI=1S/C20H29N3O4/c1-13(2)11-16(22-18(24)15-9-6-10-21-15)19(25)23-17(20(26)27)12-14-7-4-3-5-8-14/h3-5,7-8,13,15-17,21H,6,9-12H2,1-2H3,(H,22,24)(H,23,25)(H,26,27). The van der Waals surface area contributed by atoms with Gasteiger partial charge in [0, 0.05) is 6.42 Å². The zero-order chi connectivity index (χ0) is 19.8. The zero-order valence-corrected chi connectivity index (χ0v) is 15.9. The monoisotopic (exact) mass is 375 g/mol. The van der Waals surface area contributed by atoms with Gasteiger partial charge in [-0.25, -0.2) is 4.79 Å². The van der Waals surface area contributed by atoms with Crippen molar-refractivity contribution in [2.24, 2.45) is 5.92 Å². The molecule has 4 N–H and O–H groups in total. The third-order valence-corrected chi connectivity index (χ3v) is 4.61. The molecule has 0 bridgehead atoms. The normalized spacial score (nSPS) is 18.7. The number of amides is 2. The fraction of sp³-hybridized carbons (Fsp3) is 0.550. The fourth-order valence-electron chi connectivity index (χ4n) is 3.21. The average molecular weight is 375 g/mol. The summed E-state index contributed by atoms with van der Waals surface area (Å²) in [6.07, 6.45) is 2.31. The molecule has 2 rings (SSSR count). The largest absolute Gasteiger partial charge is 0.480 e. The average Bonchev–Trinajstić information content (AvgIpc) is 3.15. The second kappa shape index (κ2) is 10.1. The summed E-state index contributed by atoms with van der Waals surface area (Å²) in [7, 11) is 0. The van der Waals surface area contributed by atoms with E-state index >= 15 is 0 Å². The van der Waals surface area contributed by atoms with E-state index in [0.29, 0.717) is 6.42 Å². The van der Waals surface area contributed by atoms with E-state index in [4.69, 9.17) is 0 Å². The van der Waals surface area contributed by atoms with Gasteiger partial charge in [-0.15, -0.1) is 0 Å². The summed E-state index contributed by atoms with van der Waals surface area (Å²) in [4.78, 5) is 36.7. The number of carbonyl (C=O) groups excluding carboxylic acids is 2. The molecule has 0 radical (unpaired) electrons. The minimum atomic E-state index is -1.10. The maximum absolute atomic E-state index is 12.7. The summed E-state index contributed by atoms with van der Waals surface area (Å²) < 4.78 is 0. The Balaban J connectivity index is 2.03. The Kier molecular flexibility index (Phi) is 7.79. The lowest BCUT2D eigenvalue weighted by molar-refractivity contribution is -0.142. The molecule has 1 heterocycles. The van der Waals surface area contributed by atoms with Gasteiger partial charge in [-0.05, 0) is 37.3 Å². The van der Waals surface area contributed by atoms with Gasteiger partial charge in [-0.3, -0.25) is 9.59 Å². The molecule has 1 aromatic carbocycles. The third kappa shape index (κ3) is 6.67. The van der Waals surface area contributed by atoms with Crippen molar-refractivity contribution in [3.05, 3.63) is 35.9 Å². The second-order valence-corrected chi connectivity index (χ2v) is 7.43. The Bertz CT molecular complexity index is 642. The molecule has 148 valence electrons. The molecular weight excluding hydrogens is 346 g/mol. The van der Waals surface area contributed by atoms with Crippen molar-refractivity contribution in [2.75, 3.05) is 6.54 Å². The van der Waals surface area contributed by atoms with Gasteiger partial charge in [0.25, 0.3) is 0 Å². The van der Waals surface area contributed by atoms with Crippen LogP contribution in [-0.4, -0.2) is 47.6 Å². The van der Waals surface area contributed by atoms with Crippen molar-refractivity contribution in [1.82, 2.24) is 16.0 Å². The number of aliphatic carboxylic acids is 1. The van der Waals surface area contributed by atoms with Crippen molar-refractivity contribution < 1.29 is 19.5 Å². The van der Waals surface area contributed by atoms with Crippen LogP contribution in [-0.2, 0) is 20.8 Å². The van der Waals surface area contributed by atoms with Crippen molar-refractivity contribution >= 4 is 17.8 Å². The molecular formula is C20H29N3O4. The van der Waals surface area contributed by atoms with Gasteiger partial charge in [-0.2, -0.15) is 0 Å². The number of hydrogen-bond donors (Lipinski definition) is 4. The van der Waals surface area contributed by atoms with Crippen LogP contribution in [0.1, 0.15) is 38.7 Å². The Morgan fingerprint density at radius 1 is 1.15 bits per heavy atom. The summed E-state index contributed by atoms with van der Waals surface area (Å²) in [5, 5.41) is 18.0. The van der Waals surface area contributed by atoms with Crippen molar-refractivity contribution in [2.45, 2.75) is 57.7 Å². The summed E-state index contributed by atoms with van der Waals surface area (Å²) in [6, 6.07) is 7.06. The van der Waals surface area contributed by atoms with Crippen LogP contribution in [0.5, 0.6) is 0 Å². The van der Waals surface area contributed by atoms with E-state index in [1.165, 1.54) is 0 Å². The first-order chi connectivity index (χ1) is 12.9. The molecule has 1 fully saturated rings. The maximum Gasteiger partial charge on any atom is 0.326 e.